The molecule has 0 spiro atoms. The molecule has 0 N–H and O–H groups in total. The molecule has 0 bridgehead atoms. The van der Waals surface area contributed by atoms with Crippen LogP contribution in [0.15, 0.2) is 17.1 Å². The van der Waals surface area contributed by atoms with E-state index in [9.17, 15) is 0 Å². The zero-order valence-electron chi connectivity index (χ0n) is 15.2. The molecule has 1 heterocycles. The lowest BCUT2D eigenvalue weighted by Gasteiger charge is -2.30. The van der Waals surface area contributed by atoms with Gasteiger partial charge in [-0.15, -0.1) is 0 Å². The Morgan fingerprint density at radius 1 is 1.30 bits per heavy atom. The van der Waals surface area contributed by atoms with E-state index in [-0.39, 0.29) is 0 Å². The number of hydrogen-bond donors (Lipinski definition) is 0. The van der Waals surface area contributed by atoms with Gasteiger partial charge in [0.15, 0.2) is 0 Å². The third-order valence-electron chi connectivity index (χ3n) is 4.87. The fourth-order valence-electron chi connectivity index (χ4n) is 3.02. The Balaban J connectivity index is 1.92. The van der Waals surface area contributed by atoms with E-state index < -0.39 is 0 Å². The number of hydrogen-bond acceptors (Lipinski definition) is 3. The van der Waals surface area contributed by atoms with Crippen LogP contribution in [0.25, 0.3) is 0 Å². The highest BCUT2D eigenvalue weighted by Crippen LogP contribution is 2.32. The molecule has 0 aliphatic heterocycles. The summed E-state index contributed by atoms with van der Waals surface area (Å²) < 4.78 is 6.09. The molecule has 1 aromatic rings. The van der Waals surface area contributed by atoms with Crippen LogP contribution >= 0.6 is 0 Å². The predicted molar refractivity (Wildman–Crippen MR) is 96.6 cm³/mol. The van der Waals surface area contributed by atoms with Gasteiger partial charge in [0.25, 0.3) is 0 Å². The van der Waals surface area contributed by atoms with Crippen LogP contribution in [0.5, 0.6) is 5.88 Å². The van der Waals surface area contributed by atoms with Crippen LogP contribution in [0.1, 0.15) is 52.1 Å². The molecule has 4 nitrogen and oxygen atoms in total. The molecular formula is C19H31N3O. The second kappa shape index (κ2) is 8.32. The van der Waals surface area contributed by atoms with Crippen molar-refractivity contribution >= 4 is 12.0 Å². The maximum atomic E-state index is 6.09. The summed E-state index contributed by atoms with van der Waals surface area (Å²) >= 11 is 0. The molecule has 1 aliphatic rings. The third-order valence-corrected chi connectivity index (χ3v) is 4.87. The number of aliphatic imine (C=N–C) groups is 1. The van der Waals surface area contributed by atoms with Gasteiger partial charge in [-0.05, 0) is 57.4 Å². The predicted octanol–water partition coefficient (Wildman–Crippen LogP) is 4.60. The van der Waals surface area contributed by atoms with Gasteiger partial charge in [-0.25, -0.2) is 9.98 Å². The van der Waals surface area contributed by atoms with Crippen LogP contribution in [0.2, 0.25) is 0 Å². The molecule has 128 valence electrons. The molecule has 23 heavy (non-hydrogen) atoms. The van der Waals surface area contributed by atoms with Crippen molar-refractivity contribution in [3.8, 4) is 5.88 Å². The maximum absolute atomic E-state index is 6.09. The molecule has 0 radical (unpaired) electrons. The first-order valence-electron chi connectivity index (χ1n) is 8.88. The van der Waals surface area contributed by atoms with Crippen LogP contribution in [0.3, 0.4) is 0 Å². The summed E-state index contributed by atoms with van der Waals surface area (Å²) in [7, 11) is 2.01. The van der Waals surface area contributed by atoms with Gasteiger partial charge in [-0.2, -0.15) is 0 Å². The molecule has 0 atom stereocenters. The van der Waals surface area contributed by atoms with Crippen LogP contribution in [-0.4, -0.2) is 35.9 Å². The molecule has 1 aromatic heterocycles. The van der Waals surface area contributed by atoms with Gasteiger partial charge in [0.05, 0.1) is 17.7 Å². The number of rotatable bonds is 6. The number of ether oxygens (including phenoxy) is 1. The van der Waals surface area contributed by atoms with Crippen molar-refractivity contribution in [3.63, 3.8) is 0 Å². The van der Waals surface area contributed by atoms with Crippen LogP contribution < -0.4 is 4.74 Å². The van der Waals surface area contributed by atoms with Crippen LogP contribution in [0.4, 0.5) is 5.69 Å². The SMILES string of the molecule is CCN(C)/C=N/c1ccc(OC2CCC(C(C)C)CC2)nc1C. The van der Waals surface area contributed by atoms with Crippen molar-refractivity contribution in [1.82, 2.24) is 9.88 Å². The van der Waals surface area contributed by atoms with Crippen LogP contribution in [-0.2, 0) is 0 Å². The van der Waals surface area contributed by atoms with E-state index in [1.54, 1.807) is 0 Å². The fourth-order valence-corrected chi connectivity index (χ4v) is 3.02. The van der Waals surface area contributed by atoms with Gasteiger partial charge in [0.2, 0.25) is 5.88 Å². The number of aromatic nitrogens is 1. The highest BCUT2D eigenvalue weighted by Gasteiger charge is 2.24. The Bertz CT molecular complexity index is 519. The molecular weight excluding hydrogens is 286 g/mol. The van der Waals surface area contributed by atoms with Crippen molar-refractivity contribution in [2.75, 3.05) is 13.6 Å². The smallest absolute Gasteiger partial charge is 0.213 e. The zero-order chi connectivity index (χ0) is 16.8. The quantitative estimate of drug-likeness (QED) is 0.568. The molecule has 0 amide bonds. The fraction of sp³-hybridized carbons (Fsp3) is 0.684. The van der Waals surface area contributed by atoms with Crippen molar-refractivity contribution in [1.29, 1.82) is 0 Å². The number of nitrogens with zero attached hydrogens (tertiary/aromatic N) is 3. The highest BCUT2D eigenvalue weighted by molar-refractivity contribution is 5.62. The standard InChI is InChI=1S/C19H31N3O/c1-6-22(5)13-20-18-11-12-19(21-15(18)4)23-17-9-7-16(8-10-17)14(2)3/h11-14,16-17H,6-10H2,1-5H3/b20-13+. The average Bonchev–Trinajstić information content (AvgIpc) is 2.54. The minimum atomic E-state index is 0.317. The van der Waals surface area contributed by atoms with E-state index in [0.29, 0.717) is 6.10 Å². The van der Waals surface area contributed by atoms with Gasteiger partial charge >= 0.3 is 0 Å². The first-order chi connectivity index (χ1) is 11.0. The number of pyridine rings is 1. The molecule has 0 aromatic carbocycles. The number of aryl methyl sites for hydroxylation is 1. The maximum Gasteiger partial charge on any atom is 0.213 e. The largest absolute Gasteiger partial charge is 0.474 e. The molecule has 0 saturated heterocycles. The monoisotopic (exact) mass is 317 g/mol. The van der Waals surface area contributed by atoms with Gasteiger partial charge in [0.1, 0.15) is 6.10 Å². The van der Waals surface area contributed by atoms with Gasteiger partial charge in [0, 0.05) is 19.7 Å². The Kier molecular flexibility index (Phi) is 6.43. The van der Waals surface area contributed by atoms with E-state index in [1.165, 1.54) is 12.8 Å². The van der Waals surface area contributed by atoms with Crippen molar-refractivity contribution in [2.24, 2.45) is 16.8 Å². The van der Waals surface area contributed by atoms with E-state index in [1.807, 2.05) is 37.3 Å². The normalized spacial score (nSPS) is 21.8. The second-order valence-electron chi connectivity index (χ2n) is 6.97. The summed E-state index contributed by atoms with van der Waals surface area (Å²) in [6.07, 6.45) is 6.99. The van der Waals surface area contributed by atoms with Gasteiger partial charge < -0.3 is 9.64 Å². The lowest BCUT2D eigenvalue weighted by molar-refractivity contribution is 0.112. The summed E-state index contributed by atoms with van der Waals surface area (Å²) in [5.41, 5.74) is 1.82. The lowest BCUT2D eigenvalue weighted by Crippen LogP contribution is -2.26. The minimum Gasteiger partial charge on any atom is -0.474 e. The lowest BCUT2D eigenvalue weighted by atomic mass is 9.80. The summed E-state index contributed by atoms with van der Waals surface area (Å²) in [6, 6.07) is 3.94. The first kappa shape index (κ1) is 17.8. The third kappa shape index (κ3) is 5.22. The Hall–Kier alpha value is -1.58. The molecule has 4 heteroatoms. The van der Waals surface area contributed by atoms with Gasteiger partial charge in [-0.3, -0.25) is 0 Å². The molecule has 0 unspecified atom stereocenters. The van der Waals surface area contributed by atoms with Crippen molar-refractivity contribution in [3.05, 3.63) is 17.8 Å². The molecule has 2 rings (SSSR count). The van der Waals surface area contributed by atoms with E-state index >= 15 is 0 Å². The first-order valence-corrected chi connectivity index (χ1v) is 8.88. The Morgan fingerprint density at radius 3 is 2.57 bits per heavy atom. The summed E-state index contributed by atoms with van der Waals surface area (Å²) in [5.74, 6) is 2.38. The van der Waals surface area contributed by atoms with E-state index in [2.05, 4.69) is 30.7 Å². The summed E-state index contributed by atoms with van der Waals surface area (Å²) in [6.45, 7) is 9.68. The average molecular weight is 317 g/mol. The molecule has 1 fully saturated rings. The topological polar surface area (TPSA) is 37.7 Å². The Morgan fingerprint density at radius 2 is 2.00 bits per heavy atom. The Labute approximate surface area is 141 Å². The van der Waals surface area contributed by atoms with E-state index in [0.717, 1.165) is 48.5 Å². The van der Waals surface area contributed by atoms with E-state index in [4.69, 9.17) is 4.74 Å². The van der Waals surface area contributed by atoms with Crippen LogP contribution in [0, 0.1) is 18.8 Å². The summed E-state index contributed by atoms with van der Waals surface area (Å²) in [4.78, 5) is 11.1. The zero-order valence-corrected chi connectivity index (χ0v) is 15.2. The molecule has 1 aliphatic carbocycles. The van der Waals surface area contributed by atoms with Gasteiger partial charge in [-0.1, -0.05) is 13.8 Å². The summed E-state index contributed by atoms with van der Waals surface area (Å²) in [5, 5.41) is 0. The van der Waals surface area contributed by atoms with Crippen molar-refractivity contribution < 1.29 is 4.74 Å². The minimum absolute atomic E-state index is 0.317. The second-order valence-corrected chi connectivity index (χ2v) is 6.97. The molecule has 1 saturated carbocycles. The highest BCUT2D eigenvalue weighted by atomic mass is 16.5. The van der Waals surface area contributed by atoms with Crippen molar-refractivity contribution in [2.45, 2.75) is 59.5 Å².